The molecule has 4 nitrogen and oxygen atoms in total. The van der Waals surface area contributed by atoms with Crippen LogP contribution in [0.25, 0.3) is 0 Å². The van der Waals surface area contributed by atoms with Gasteiger partial charge in [-0.2, -0.15) is 0 Å². The van der Waals surface area contributed by atoms with E-state index < -0.39 is 10.0 Å². The lowest BCUT2D eigenvalue weighted by atomic mass is 10.0. The molecule has 1 saturated heterocycles. The normalized spacial score (nSPS) is 31.8. The minimum Gasteiger partial charge on any atom is -0.381 e. The highest BCUT2D eigenvalue weighted by atomic mass is 32.2. The fraction of sp³-hybridized carbons (Fsp3) is 1.00. The molecule has 12 heavy (non-hydrogen) atoms. The molecule has 0 saturated carbocycles. The Morgan fingerprint density at radius 3 is 2.67 bits per heavy atom. The summed E-state index contributed by atoms with van der Waals surface area (Å²) in [6.45, 7) is 3.00. The summed E-state index contributed by atoms with van der Waals surface area (Å²) >= 11 is 0. The Labute approximate surface area is 73.3 Å². The van der Waals surface area contributed by atoms with Gasteiger partial charge in [-0.25, -0.2) is 13.1 Å². The van der Waals surface area contributed by atoms with Crippen molar-refractivity contribution in [1.82, 2.24) is 4.72 Å². The fourth-order valence-electron chi connectivity index (χ4n) is 1.47. The van der Waals surface area contributed by atoms with E-state index >= 15 is 0 Å². The maximum atomic E-state index is 11.4. The predicted octanol–water partition coefficient (Wildman–Crippen LogP) is -0.0394. The molecule has 72 valence electrons. The van der Waals surface area contributed by atoms with Gasteiger partial charge in [0.05, 0.1) is 11.9 Å². The zero-order chi connectivity index (χ0) is 9.19. The molecule has 1 heterocycles. The number of nitrogens with one attached hydrogen (secondary N) is 1. The largest absolute Gasteiger partial charge is 0.381 e. The van der Waals surface area contributed by atoms with Gasteiger partial charge in [-0.3, -0.25) is 0 Å². The Bertz CT molecular complexity index is 237. The van der Waals surface area contributed by atoms with Crippen LogP contribution in [0.15, 0.2) is 0 Å². The van der Waals surface area contributed by atoms with Crippen molar-refractivity contribution in [1.29, 1.82) is 0 Å². The second kappa shape index (κ2) is 3.72. The van der Waals surface area contributed by atoms with Gasteiger partial charge in [0.15, 0.2) is 0 Å². The first-order valence-electron chi connectivity index (χ1n) is 4.08. The summed E-state index contributed by atoms with van der Waals surface area (Å²) in [5.74, 6) is 0.0937. The van der Waals surface area contributed by atoms with Gasteiger partial charge in [0, 0.05) is 6.61 Å². The molecule has 0 aliphatic carbocycles. The molecule has 1 N–H and O–H groups in total. The Hall–Kier alpha value is -0.130. The standard InChI is InChI=1S/C7H15NO3S/c1-6-5-11-4-3-7(6)12(9,10)8-2/h6-8H,3-5H2,1-2H3/t6-,7+/m1/s1. The summed E-state index contributed by atoms with van der Waals surface area (Å²) in [5.41, 5.74) is 0. The molecule has 0 spiro atoms. The third kappa shape index (κ3) is 1.97. The number of rotatable bonds is 2. The molecule has 1 rings (SSSR count). The summed E-state index contributed by atoms with van der Waals surface area (Å²) in [4.78, 5) is 0. The number of sulfonamides is 1. The summed E-state index contributed by atoms with van der Waals surface area (Å²) < 4.78 is 30.3. The second-order valence-corrected chi connectivity index (χ2v) is 5.23. The fourth-order valence-corrected chi connectivity index (χ4v) is 2.87. The molecule has 2 atom stereocenters. The van der Waals surface area contributed by atoms with Crippen LogP contribution in [-0.4, -0.2) is 33.9 Å². The minimum absolute atomic E-state index is 0.0937. The van der Waals surface area contributed by atoms with Gasteiger partial charge >= 0.3 is 0 Å². The van der Waals surface area contributed by atoms with Crippen LogP contribution >= 0.6 is 0 Å². The van der Waals surface area contributed by atoms with Gasteiger partial charge in [0.2, 0.25) is 10.0 Å². The summed E-state index contributed by atoms with van der Waals surface area (Å²) in [5, 5.41) is -0.281. The van der Waals surface area contributed by atoms with E-state index in [-0.39, 0.29) is 11.2 Å². The molecular weight excluding hydrogens is 178 g/mol. The lowest BCUT2D eigenvalue weighted by Crippen LogP contribution is -2.41. The average molecular weight is 193 g/mol. The van der Waals surface area contributed by atoms with Crippen molar-refractivity contribution < 1.29 is 13.2 Å². The highest BCUT2D eigenvalue weighted by Crippen LogP contribution is 2.20. The van der Waals surface area contributed by atoms with Crippen LogP contribution in [0.4, 0.5) is 0 Å². The van der Waals surface area contributed by atoms with Crippen LogP contribution in [0.5, 0.6) is 0 Å². The van der Waals surface area contributed by atoms with Crippen LogP contribution in [0.3, 0.4) is 0 Å². The minimum atomic E-state index is -3.10. The van der Waals surface area contributed by atoms with Gasteiger partial charge in [-0.05, 0) is 19.4 Å². The van der Waals surface area contributed by atoms with E-state index in [4.69, 9.17) is 4.74 Å². The van der Waals surface area contributed by atoms with Crippen molar-refractivity contribution in [3.05, 3.63) is 0 Å². The predicted molar refractivity (Wildman–Crippen MR) is 46.4 cm³/mol. The first-order chi connectivity index (χ1) is 5.58. The van der Waals surface area contributed by atoms with Crippen LogP contribution in [0.2, 0.25) is 0 Å². The van der Waals surface area contributed by atoms with Crippen molar-refractivity contribution in [3.8, 4) is 0 Å². The third-order valence-electron chi connectivity index (χ3n) is 2.25. The highest BCUT2D eigenvalue weighted by Gasteiger charge is 2.32. The molecule has 0 radical (unpaired) electrons. The Kier molecular flexibility index (Phi) is 3.09. The molecule has 1 aliphatic rings. The quantitative estimate of drug-likeness (QED) is 0.669. The monoisotopic (exact) mass is 193 g/mol. The smallest absolute Gasteiger partial charge is 0.214 e. The van der Waals surface area contributed by atoms with E-state index in [9.17, 15) is 8.42 Å². The van der Waals surface area contributed by atoms with Crippen molar-refractivity contribution in [3.63, 3.8) is 0 Å². The topological polar surface area (TPSA) is 55.4 Å². The van der Waals surface area contributed by atoms with E-state index in [1.807, 2.05) is 6.92 Å². The number of hydrogen-bond acceptors (Lipinski definition) is 3. The van der Waals surface area contributed by atoms with Gasteiger partial charge in [-0.15, -0.1) is 0 Å². The summed E-state index contributed by atoms with van der Waals surface area (Å²) in [6, 6.07) is 0. The molecular formula is C7H15NO3S. The first kappa shape index (κ1) is 9.95. The van der Waals surface area contributed by atoms with Gasteiger partial charge in [-0.1, -0.05) is 6.92 Å². The average Bonchev–Trinajstić information content (AvgIpc) is 2.05. The molecule has 0 aromatic rings. The maximum Gasteiger partial charge on any atom is 0.214 e. The molecule has 0 aromatic carbocycles. The molecule has 1 fully saturated rings. The Morgan fingerprint density at radius 1 is 1.50 bits per heavy atom. The SMILES string of the molecule is CNS(=O)(=O)[C@H]1CCOC[C@H]1C. The lowest BCUT2D eigenvalue weighted by molar-refractivity contribution is 0.0635. The Morgan fingerprint density at radius 2 is 2.17 bits per heavy atom. The third-order valence-corrected chi connectivity index (χ3v) is 4.31. The van der Waals surface area contributed by atoms with E-state index in [2.05, 4.69) is 4.72 Å². The highest BCUT2D eigenvalue weighted by molar-refractivity contribution is 7.90. The van der Waals surface area contributed by atoms with Crippen LogP contribution in [0.1, 0.15) is 13.3 Å². The number of ether oxygens (including phenoxy) is 1. The van der Waals surface area contributed by atoms with E-state index in [0.717, 1.165) is 0 Å². The van der Waals surface area contributed by atoms with E-state index in [0.29, 0.717) is 19.6 Å². The zero-order valence-electron chi connectivity index (χ0n) is 7.41. The van der Waals surface area contributed by atoms with Crippen molar-refractivity contribution in [2.45, 2.75) is 18.6 Å². The van der Waals surface area contributed by atoms with Gasteiger partial charge in [0.1, 0.15) is 0 Å². The van der Waals surface area contributed by atoms with Crippen LogP contribution in [0, 0.1) is 5.92 Å². The summed E-state index contributed by atoms with van der Waals surface area (Å²) in [7, 11) is -1.64. The Balaban J connectivity index is 2.72. The zero-order valence-corrected chi connectivity index (χ0v) is 8.23. The first-order valence-corrected chi connectivity index (χ1v) is 5.62. The van der Waals surface area contributed by atoms with Crippen LogP contribution < -0.4 is 4.72 Å². The molecule has 0 bridgehead atoms. The summed E-state index contributed by atoms with van der Waals surface area (Å²) in [6.07, 6.45) is 0.602. The second-order valence-electron chi connectivity index (χ2n) is 3.13. The molecule has 0 aromatic heterocycles. The maximum absolute atomic E-state index is 11.4. The van der Waals surface area contributed by atoms with Gasteiger partial charge in [0.25, 0.3) is 0 Å². The van der Waals surface area contributed by atoms with E-state index in [1.165, 1.54) is 7.05 Å². The van der Waals surface area contributed by atoms with E-state index in [1.54, 1.807) is 0 Å². The molecule has 0 amide bonds. The molecule has 1 aliphatic heterocycles. The molecule has 0 unspecified atom stereocenters. The van der Waals surface area contributed by atoms with Crippen LogP contribution in [-0.2, 0) is 14.8 Å². The van der Waals surface area contributed by atoms with Crippen molar-refractivity contribution in [2.24, 2.45) is 5.92 Å². The van der Waals surface area contributed by atoms with Crippen molar-refractivity contribution in [2.75, 3.05) is 20.3 Å². The number of hydrogen-bond donors (Lipinski definition) is 1. The van der Waals surface area contributed by atoms with Crippen molar-refractivity contribution >= 4 is 10.0 Å². The van der Waals surface area contributed by atoms with Gasteiger partial charge < -0.3 is 4.74 Å². The lowest BCUT2D eigenvalue weighted by Gasteiger charge is -2.27. The molecule has 5 heteroatoms.